The number of halogens is 1. The molecule has 2 aromatic carbocycles. The van der Waals surface area contributed by atoms with E-state index in [1.807, 2.05) is 24.3 Å². The Bertz CT molecular complexity index is 899. The Hall–Kier alpha value is -3.00. The van der Waals surface area contributed by atoms with Gasteiger partial charge in [-0.25, -0.2) is 0 Å². The molecule has 0 bridgehead atoms. The van der Waals surface area contributed by atoms with Crippen LogP contribution in [0.25, 0.3) is 0 Å². The summed E-state index contributed by atoms with van der Waals surface area (Å²) in [5.74, 6) is -0.564. The number of hydrogen-bond acceptors (Lipinski definition) is 5. The van der Waals surface area contributed by atoms with Gasteiger partial charge in [-0.15, -0.1) is 0 Å². The molecule has 0 atom stereocenters. The number of amides is 1. The van der Waals surface area contributed by atoms with Crippen LogP contribution in [0.4, 0.5) is 11.4 Å². The van der Waals surface area contributed by atoms with Crippen LogP contribution in [0.5, 0.6) is 0 Å². The van der Waals surface area contributed by atoms with E-state index in [-0.39, 0.29) is 10.6 Å². The smallest absolute Gasteiger partial charge is 0.295 e. The number of fused-ring (bicyclic) bond motifs is 1. The zero-order valence-corrected chi connectivity index (χ0v) is 13.6. The monoisotopic (exact) mass is 361 g/mol. The molecule has 9 heteroatoms. The van der Waals surface area contributed by atoms with Gasteiger partial charge >= 0.3 is 0 Å². The number of rotatable bonds is 3. The maximum atomic E-state index is 12.8. The lowest BCUT2D eigenvalue weighted by atomic mass is 9.99. The number of carbonyl (C=O) groups excluding carboxylic acids is 1. The summed E-state index contributed by atoms with van der Waals surface area (Å²) in [7, 11) is 0. The standard InChI is InChI=1S/C16H12ClN3O5/c17-15-13(7-12(19(22)23)8-14(15)20(24)25)16(21)18-6-5-10-3-1-2-4-11(10)9-18/h1-4,7-8H,5-6,9H2. The lowest BCUT2D eigenvalue weighted by Crippen LogP contribution is -2.36. The van der Waals surface area contributed by atoms with Crippen LogP contribution in [0.2, 0.25) is 5.02 Å². The van der Waals surface area contributed by atoms with E-state index in [4.69, 9.17) is 11.6 Å². The van der Waals surface area contributed by atoms with E-state index in [0.717, 1.165) is 23.3 Å². The van der Waals surface area contributed by atoms with Crippen molar-refractivity contribution in [2.24, 2.45) is 0 Å². The highest BCUT2D eigenvalue weighted by atomic mass is 35.5. The van der Waals surface area contributed by atoms with Crippen LogP contribution >= 0.6 is 11.6 Å². The summed E-state index contributed by atoms with van der Waals surface area (Å²) < 4.78 is 0. The fraction of sp³-hybridized carbons (Fsp3) is 0.188. The fourth-order valence-corrected chi connectivity index (χ4v) is 3.09. The minimum atomic E-state index is -0.836. The first-order valence-electron chi connectivity index (χ1n) is 7.37. The average Bonchev–Trinajstić information content (AvgIpc) is 2.60. The molecule has 1 aliphatic heterocycles. The van der Waals surface area contributed by atoms with Crippen LogP contribution in [-0.2, 0) is 13.0 Å². The number of non-ortho nitro benzene ring substituents is 1. The molecule has 1 heterocycles. The topological polar surface area (TPSA) is 107 Å². The Labute approximate surface area is 146 Å². The molecule has 0 N–H and O–H groups in total. The molecule has 0 fully saturated rings. The van der Waals surface area contributed by atoms with E-state index in [1.165, 1.54) is 4.90 Å². The van der Waals surface area contributed by atoms with Crippen molar-refractivity contribution in [3.8, 4) is 0 Å². The highest BCUT2D eigenvalue weighted by Crippen LogP contribution is 2.34. The lowest BCUT2D eigenvalue weighted by Gasteiger charge is -2.29. The zero-order chi connectivity index (χ0) is 18.1. The summed E-state index contributed by atoms with van der Waals surface area (Å²) in [5.41, 5.74) is 0.663. The van der Waals surface area contributed by atoms with Crippen molar-refractivity contribution >= 4 is 28.9 Å². The van der Waals surface area contributed by atoms with Crippen molar-refractivity contribution < 1.29 is 14.6 Å². The number of benzene rings is 2. The molecule has 25 heavy (non-hydrogen) atoms. The molecule has 0 radical (unpaired) electrons. The van der Waals surface area contributed by atoms with Gasteiger partial charge in [-0.2, -0.15) is 0 Å². The van der Waals surface area contributed by atoms with Gasteiger partial charge in [0, 0.05) is 19.2 Å². The Morgan fingerprint density at radius 2 is 1.76 bits per heavy atom. The Kier molecular flexibility index (Phi) is 4.37. The average molecular weight is 362 g/mol. The Morgan fingerprint density at radius 3 is 2.40 bits per heavy atom. The number of nitrogens with zero attached hydrogens (tertiary/aromatic N) is 3. The maximum absolute atomic E-state index is 12.8. The van der Waals surface area contributed by atoms with Gasteiger partial charge in [-0.3, -0.25) is 25.0 Å². The third kappa shape index (κ3) is 3.16. The summed E-state index contributed by atoms with van der Waals surface area (Å²) in [6.45, 7) is 0.727. The third-order valence-corrected chi connectivity index (χ3v) is 4.49. The molecule has 128 valence electrons. The van der Waals surface area contributed by atoms with Crippen molar-refractivity contribution in [3.63, 3.8) is 0 Å². The molecule has 0 spiro atoms. The lowest BCUT2D eigenvalue weighted by molar-refractivity contribution is -0.394. The van der Waals surface area contributed by atoms with E-state index in [2.05, 4.69) is 0 Å². The molecule has 3 rings (SSSR count). The van der Waals surface area contributed by atoms with Gasteiger partial charge in [0.1, 0.15) is 5.02 Å². The van der Waals surface area contributed by atoms with Gasteiger partial charge in [0.05, 0.1) is 21.5 Å². The summed E-state index contributed by atoms with van der Waals surface area (Å²) in [5, 5.41) is 21.7. The van der Waals surface area contributed by atoms with Crippen molar-refractivity contribution in [1.29, 1.82) is 0 Å². The predicted molar refractivity (Wildman–Crippen MR) is 89.6 cm³/mol. The second-order valence-corrected chi connectivity index (χ2v) is 5.96. The summed E-state index contributed by atoms with van der Waals surface area (Å²) in [6, 6.07) is 9.38. The van der Waals surface area contributed by atoms with Crippen molar-refractivity contribution in [2.75, 3.05) is 6.54 Å². The molecule has 2 aromatic rings. The van der Waals surface area contributed by atoms with Crippen LogP contribution in [0.15, 0.2) is 36.4 Å². The van der Waals surface area contributed by atoms with Crippen molar-refractivity contribution in [3.05, 3.63) is 78.3 Å². The maximum Gasteiger partial charge on any atom is 0.295 e. The molecule has 0 saturated carbocycles. The highest BCUT2D eigenvalue weighted by Gasteiger charge is 2.30. The molecule has 8 nitrogen and oxygen atoms in total. The van der Waals surface area contributed by atoms with E-state index in [1.54, 1.807) is 0 Å². The normalized spacial score (nSPS) is 13.2. The van der Waals surface area contributed by atoms with Crippen molar-refractivity contribution in [2.45, 2.75) is 13.0 Å². The predicted octanol–water partition coefficient (Wildman–Crippen LogP) is 3.35. The van der Waals surface area contributed by atoms with Gasteiger partial charge in [-0.1, -0.05) is 35.9 Å². The van der Waals surface area contributed by atoms with Crippen LogP contribution in [0.3, 0.4) is 0 Å². The molecule has 0 saturated heterocycles. The van der Waals surface area contributed by atoms with Crippen LogP contribution in [-0.4, -0.2) is 27.2 Å². The van der Waals surface area contributed by atoms with Gasteiger partial charge in [-0.05, 0) is 17.5 Å². The fourth-order valence-electron chi connectivity index (χ4n) is 2.83. The molecule has 1 aliphatic rings. The second-order valence-electron chi connectivity index (χ2n) is 5.59. The molecular weight excluding hydrogens is 350 g/mol. The van der Waals surface area contributed by atoms with Gasteiger partial charge in [0.25, 0.3) is 17.3 Å². The quantitative estimate of drug-likeness (QED) is 0.615. The van der Waals surface area contributed by atoms with E-state index < -0.39 is 27.1 Å². The molecule has 0 unspecified atom stereocenters. The van der Waals surface area contributed by atoms with E-state index >= 15 is 0 Å². The Balaban J connectivity index is 2.00. The van der Waals surface area contributed by atoms with E-state index in [0.29, 0.717) is 19.5 Å². The largest absolute Gasteiger partial charge is 0.334 e. The van der Waals surface area contributed by atoms with E-state index in [9.17, 15) is 25.0 Å². The number of hydrogen-bond donors (Lipinski definition) is 0. The third-order valence-electron chi connectivity index (χ3n) is 4.09. The van der Waals surface area contributed by atoms with Gasteiger partial charge in [0.2, 0.25) is 0 Å². The zero-order valence-electron chi connectivity index (χ0n) is 12.8. The van der Waals surface area contributed by atoms with Crippen LogP contribution in [0.1, 0.15) is 21.5 Å². The van der Waals surface area contributed by atoms with Gasteiger partial charge in [0.15, 0.2) is 0 Å². The SMILES string of the molecule is O=C(c1cc([N+](=O)[O-])cc([N+](=O)[O-])c1Cl)N1CCc2ccccc2C1. The second kappa shape index (κ2) is 6.48. The number of nitro benzene ring substituents is 2. The summed E-state index contributed by atoms with van der Waals surface area (Å²) >= 11 is 5.98. The minimum absolute atomic E-state index is 0.234. The molecule has 0 aromatic heterocycles. The van der Waals surface area contributed by atoms with Crippen molar-refractivity contribution in [1.82, 2.24) is 4.90 Å². The highest BCUT2D eigenvalue weighted by molar-refractivity contribution is 6.36. The first kappa shape index (κ1) is 16.8. The minimum Gasteiger partial charge on any atom is -0.334 e. The number of carbonyl (C=O) groups is 1. The molecule has 1 amide bonds. The number of nitro groups is 2. The molecule has 0 aliphatic carbocycles. The first-order chi connectivity index (χ1) is 11.9. The van der Waals surface area contributed by atoms with Crippen LogP contribution < -0.4 is 0 Å². The molecular formula is C16H12ClN3O5. The Morgan fingerprint density at radius 1 is 1.08 bits per heavy atom. The first-order valence-corrected chi connectivity index (χ1v) is 7.74. The van der Waals surface area contributed by atoms with Crippen LogP contribution in [0, 0.1) is 20.2 Å². The van der Waals surface area contributed by atoms with Gasteiger partial charge < -0.3 is 4.90 Å². The summed E-state index contributed by atoms with van der Waals surface area (Å²) in [6.07, 6.45) is 0.635. The summed E-state index contributed by atoms with van der Waals surface area (Å²) in [4.78, 5) is 34.7.